The monoisotopic (exact) mass is 168 g/mol. The van der Waals surface area contributed by atoms with E-state index in [1.165, 1.54) is 0 Å². The minimum Gasteiger partial charge on any atom is -0.392 e. The van der Waals surface area contributed by atoms with Crippen LogP contribution in [0.1, 0.15) is 26.2 Å². The lowest BCUT2D eigenvalue weighted by Crippen LogP contribution is -2.29. The first-order valence-corrected chi connectivity index (χ1v) is 4.47. The standard InChI is InChI=1S/C10H16O2/c1-7-3-4-9(8(2)6-11)10(12)5-7/h6-7,9-10,12H,2-5H2,1H3/t7-,9+,10+/m0/s1. The first-order chi connectivity index (χ1) is 5.65. The summed E-state index contributed by atoms with van der Waals surface area (Å²) in [4.78, 5) is 10.4. The van der Waals surface area contributed by atoms with Crippen LogP contribution < -0.4 is 0 Å². The minimum absolute atomic E-state index is 0.0127. The summed E-state index contributed by atoms with van der Waals surface area (Å²) in [6.07, 6.45) is 3.21. The number of hydrogen-bond acceptors (Lipinski definition) is 2. The second-order valence-corrected chi connectivity index (χ2v) is 3.78. The van der Waals surface area contributed by atoms with Crippen molar-refractivity contribution in [3.05, 3.63) is 12.2 Å². The van der Waals surface area contributed by atoms with Gasteiger partial charge in [-0.1, -0.05) is 13.5 Å². The zero-order chi connectivity index (χ0) is 9.14. The molecule has 1 rings (SSSR count). The maximum Gasteiger partial charge on any atom is 0.145 e. The van der Waals surface area contributed by atoms with Crippen LogP contribution in [0.4, 0.5) is 0 Å². The number of rotatable bonds is 2. The molecule has 3 atom stereocenters. The van der Waals surface area contributed by atoms with Gasteiger partial charge in [0, 0.05) is 5.92 Å². The summed E-state index contributed by atoms with van der Waals surface area (Å²) in [7, 11) is 0. The van der Waals surface area contributed by atoms with Crippen LogP contribution in [0.15, 0.2) is 12.2 Å². The molecule has 1 aliphatic carbocycles. The summed E-state index contributed by atoms with van der Waals surface area (Å²) in [5, 5.41) is 9.62. The molecule has 0 bridgehead atoms. The third kappa shape index (κ3) is 1.95. The second-order valence-electron chi connectivity index (χ2n) is 3.78. The van der Waals surface area contributed by atoms with Crippen molar-refractivity contribution in [1.29, 1.82) is 0 Å². The summed E-state index contributed by atoms with van der Waals surface area (Å²) < 4.78 is 0. The van der Waals surface area contributed by atoms with Gasteiger partial charge in [0.1, 0.15) is 6.29 Å². The van der Waals surface area contributed by atoms with Crippen molar-refractivity contribution in [1.82, 2.24) is 0 Å². The Bertz CT molecular complexity index is 186. The SMILES string of the molecule is C=C(C=O)[C@H]1CC[C@H](C)C[C@H]1O. The smallest absolute Gasteiger partial charge is 0.145 e. The fourth-order valence-corrected chi connectivity index (χ4v) is 1.87. The molecule has 12 heavy (non-hydrogen) atoms. The van der Waals surface area contributed by atoms with Crippen LogP contribution in [0.25, 0.3) is 0 Å². The molecule has 1 N–H and O–H groups in total. The molecule has 0 radical (unpaired) electrons. The third-order valence-electron chi connectivity index (χ3n) is 2.71. The summed E-state index contributed by atoms with van der Waals surface area (Å²) in [6.45, 7) is 5.77. The molecule has 0 aromatic carbocycles. The van der Waals surface area contributed by atoms with E-state index in [-0.39, 0.29) is 12.0 Å². The van der Waals surface area contributed by atoms with Gasteiger partial charge in [-0.05, 0) is 30.8 Å². The topological polar surface area (TPSA) is 37.3 Å². The predicted octanol–water partition coefficient (Wildman–Crippen LogP) is 1.54. The Hall–Kier alpha value is -0.630. The van der Waals surface area contributed by atoms with E-state index >= 15 is 0 Å². The highest BCUT2D eigenvalue weighted by Gasteiger charge is 2.28. The number of aldehydes is 1. The van der Waals surface area contributed by atoms with Crippen molar-refractivity contribution >= 4 is 6.29 Å². The molecular formula is C10H16O2. The average Bonchev–Trinajstić information content (AvgIpc) is 2.03. The normalized spacial score (nSPS) is 36.0. The Labute approximate surface area is 73.3 Å². The van der Waals surface area contributed by atoms with Crippen LogP contribution in [0, 0.1) is 11.8 Å². The van der Waals surface area contributed by atoms with Crippen molar-refractivity contribution in [3.63, 3.8) is 0 Å². The lowest BCUT2D eigenvalue weighted by atomic mass is 9.78. The van der Waals surface area contributed by atoms with Crippen molar-refractivity contribution in [2.45, 2.75) is 32.3 Å². The molecule has 68 valence electrons. The van der Waals surface area contributed by atoms with E-state index in [9.17, 15) is 9.90 Å². The molecule has 1 aliphatic rings. The molecule has 1 fully saturated rings. The lowest BCUT2D eigenvalue weighted by Gasteiger charge is -2.31. The Balaban J connectivity index is 2.55. The van der Waals surface area contributed by atoms with Gasteiger partial charge in [-0.25, -0.2) is 0 Å². The number of carbonyl (C=O) groups is 1. The molecule has 0 aliphatic heterocycles. The van der Waals surface area contributed by atoms with E-state index in [2.05, 4.69) is 13.5 Å². The summed E-state index contributed by atoms with van der Waals surface area (Å²) in [5.41, 5.74) is 0.550. The number of hydrogen-bond donors (Lipinski definition) is 1. The van der Waals surface area contributed by atoms with Gasteiger partial charge in [0.2, 0.25) is 0 Å². The quantitative estimate of drug-likeness (QED) is 0.501. The van der Waals surface area contributed by atoms with Gasteiger partial charge in [0.05, 0.1) is 6.10 Å². The van der Waals surface area contributed by atoms with Crippen LogP contribution >= 0.6 is 0 Å². The predicted molar refractivity (Wildman–Crippen MR) is 47.7 cm³/mol. The zero-order valence-electron chi connectivity index (χ0n) is 7.49. The van der Waals surface area contributed by atoms with E-state index in [1.54, 1.807) is 0 Å². The maximum atomic E-state index is 10.4. The van der Waals surface area contributed by atoms with Gasteiger partial charge in [0.25, 0.3) is 0 Å². The summed E-state index contributed by atoms with van der Waals surface area (Å²) >= 11 is 0. The summed E-state index contributed by atoms with van der Waals surface area (Å²) in [5.74, 6) is 0.592. The molecule has 0 aromatic heterocycles. The molecule has 2 nitrogen and oxygen atoms in total. The number of aliphatic hydroxyl groups is 1. The summed E-state index contributed by atoms with van der Waals surface area (Å²) in [6, 6.07) is 0. The van der Waals surface area contributed by atoms with Gasteiger partial charge in [-0.3, -0.25) is 4.79 Å². The molecule has 2 heteroatoms. The molecule has 0 aromatic rings. The first-order valence-electron chi connectivity index (χ1n) is 4.47. The maximum absolute atomic E-state index is 10.4. The minimum atomic E-state index is -0.355. The highest BCUT2D eigenvalue weighted by Crippen LogP contribution is 2.31. The van der Waals surface area contributed by atoms with Gasteiger partial charge >= 0.3 is 0 Å². The Kier molecular flexibility index (Phi) is 3.04. The number of carbonyl (C=O) groups excluding carboxylic acids is 1. The molecule has 0 unspecified atom stereocenters. The Morgan fingerprint density at radius 3 is 2.75 bits per heavy atom. The van der Waals surface area contributed by atoms with Crippen LogP contribution in [0.5, 0.6) is 0 Å². The van der Waals surface area contributed by atoms with Gasteiger partial charge in [-0.2, -0.15) is 0 Å². The van der Waals surface area contributed by atoms with Crippen LogP contribution in [0.3, 0.4) is 0 Å². The van der Waals surface area contributed by atoms with E-state index in [1.807, 2.05) is 0 Å². The van der Waals surface area contributed by atoms with Crippen molar-refractivity contribution in [2.24, 2.45) is 11.8 Å². The fraction of sp³-hybridized carbons (Fsp3) is 0.700. The van der Waals surface area contributed by atoms with E-state index in [0.717, 1.165) is 25.5 Å². The van der Waals surface area contributed by atoms with Crippen LogP contribution in [0.2, 0.25) is 0 Å². The molecule has 0 saturated heterocycles. The largest absolute Gasteiger partial charge is 0.392 e. The lowest BCUT2D eigenvalue weighted by molar-refractivity contribution is -0.106. The highest BCUT2D eigenvalue weighted by molar-refractivity contribution is 5.73. The molecule has 1 saturated carbocycles. The van der Waals surface area contributed by atoms with E-state index in [0.29, 0.717) is 11.5 Å². The van der Waals surface area contributed by atoms with Crippen LogP contribution in [-0.2, 0) is 4.79 Å². The zero-order valence-corrected chi connectivity index (χ0v) is 7.49. The van der Waals surface area contributed by atoms with Gasteiger partial charge in [-0.15, -0.1) is 0 Å². The van der Waals surface area contributed by atoms with Crippen LogP contribution in [-0.4, -0.2) is 17.5 Å². The van der Waals surface area contributed by atoms with Crippen molar-refractivity contribution in [2.75, 3.05) is 0 Å². The second kappa shape index (κ2) is 3.85. The van der Waals surface area contributed by atoms with Gasteiger partial charge in [0.15, 0.2) is 0 Å². The molecule has 0 spiro atoms. The van der Waals surface area contributed by atoms with Crippen molar-refractivity contribution < 1.29 is 9.90 Å². The average molecular weight is 168 g/mol. The Morgan fingerprint density at radius 2 is 2.25 bits per heavy atom. The van der Waals surface area contributed by atoms with Crippen molar-refractivity contribution in [3.8, 4) is 0 Å². The third-order valence-corrected chi connectivity index (χ3v) is 2.71. The van der Waals surface area contributed by atoms with E-state index in [4.69, 9.17) is 0 Å². The number of aliphatic hydroxyl groups excluding tert-OH is 1. The van der Waals surface area contributed by atoms with Gasteiger partial charge < -0.3 is 5.11 Å². The Morgan fingerprint density at radius 1 is 1.58 bits per heavy atom. The molecular weight excluding hydrogens is 152 g/mol. The highest BCUT2D eigenvalue weighted by atomic mass is 16.3. The molecule has 0 amide bonds. The molecule has 0 heterocycles. The first kappa shape index (κ1) is 9.46. The fourth-order valence-electron chi connectivity index (χ4n) is 1.87. The van der Waals surface area contributed by atoms with E-state index < -0.39 is 0 Å².